The first kappa shape index (κ1) is 21.5. The molecule has 2 atom stereocenters. The highest BCUT2D eigenvalue weighted by molar-refractivity contribution is 5.81. The van der Waals surface area contributed by atoms with Gasteiger partial charge in [-0.05, 0) is 23.6 Å². The van der Waals surface area contributed by atoms with E-state index in [-0.39, 0.29) is 12.1 Å². The molecule has 166 valence electrons. The van der Waals surface area contributed by atoms with Gasteiger partial charge in [0.15, 0.2) is 17.6 Å². The molecule has 7 heteroatoms. The molecule has 31 heavy (non-hydrogen) atoms. The zero-order valence-electron chi connectivity index (χ0n) is 18.6. The molecular formula is C24H29NO6. The van der Waals surface area contributed by atoms with Crippen molar-refractivity contribution in [2.45, 2.75) is 30.1 Å². The summed E-state index contributed by atoms with van der Waals surface area (Å²) in [5.41, 5.74) is 2.93. The van der Waals surface area contributed by atoms with Crippen LogP contribution in [-0.2, 0) is 24.4 Å². The van der Waals surface area contributed by atoms with Crippen molar-refractivity contribution in [3.8, 4) is 11.5 Å². The fourth-order valence-electron chi connectivity index (χ4n) is 5.05. The fraction of sp³-hybridized carbons (Fsp3) is 0.458. The molecule has 4 rings (SSSR count). The van der Waals surface area contributed by atoms with Gasteiger partial charge in [-0.1, -0.05) is 24.3 Å². The molecule has 0 unspecified atom stereocenters. The van der Waals surface area contributed by atoms with Crippen LogP contribution in [0.4, 0.5) is 0 Å². The first-order valence-electron chi connectivity index (χ1n) is 10.3. The van der Waals surface area contributed by atoms with Gasteiger partial charge in [0.1, 0.15) is 0 Å². The number of esters is 1. The maximum Gasteiger partial charge on any atom is 0.331 e. The van der Waals surface area contributed by atoms with E-state index < -0.39 is 11.2 Å². The van der Waals surface area contributed by atoms with Crippen LogP contribution in [0.1, 0.15) is 24.0 Å². The highest BCUT2D eigenvalue weighted by Crippen LogP contribution is 2.61. The Morgan fingerprint density at radius 3 is 2.68 bits per heavy atom. The molecule has 2 aliphatic carbocycles. The number of ether oxygens (including phenoxy) is 5. The average Bonchev–Trinajstić information content (AvgIpc) is 3.17. The second-order valence-corrected chi connectivity index (χ2v) is 8.02. The van der Waals surface area contributed by atoms with Crippen LogP contribution in [0.15, 0.2) is 42.1 Å². The Labute approximate surface area is 182 Å². The van der Waals surface area contributed by atoms with Gasteiger partial charge in [-0.25, -0.2) is 4.79 Å². The van der Waals surface area contributed by atoms with Crippen LogP contribution in [0.5, 0.6) is 11.5 Å². The van der Waals surface area contributed by atoms with Gasteiger partial charge in [0.25, 0.3) is 0 Å². The van der Waals surface area contributed by atoms with Crippen molar-refractivity contribution in [2.75, 3.05) is 42.0 Å². The van der Waals surface area contributed by atoms with Gasteiger partial charge in [0, 0.05) is 52.1 Å². The number of hydrogen-bond acceptors (Lipinski definition) is 7. The van der Waals surface area contributed by atoms with Crippen molar-refractivity contribution >= 4 is 12.0 Å². The number of benzene rings is 1. The zero-order chi connectivity index (χ0) is 22.2. The standard InChI is InChI=1S/C24H29NO6/c1-25(14-11-19(26)28-3)15-13-23-17-8-6-16-7-9-18(27-2)21(20(16)23)31-22(23)24(29-4,30-5)12-10-17/h6-11,14,22H,12-13,15H2,1-5H3/b14-11+/t22-,23+/m1/s1. The number of allylic oxidation sites excluding steroid dienone is 1. The van der Waals surface area contributed by atoms with Gasteiger partial charge in [0.05, 0.1) is 19.6 Å². The third kappa shape index (κ3) is 3.15. The lowest BCUT2D eigenvalue weighted by Crippen LogP contribution is -2.60. The predicted molar refractivity (Wildman–Crippen MR) is 116 cm³/mol. The molecule has 0 N–H and O–H groups in total. The van der Waals surface area contributed by atoms with Crippen LogP contribution in [0.2, 0.25) is 0 Å². The summed E-state index contributed by atoms with van der Waals surface area (Å²) in [6, 6.07) is 4.00. The highest BCUT2D eigenvalue weighted by Gasteiger charge is 2.64. The Balaban J connectivity index is 1.80. The van der Waals surface area contributed by atoms with Crippen molar-refractivity contribution in [1.29, 1.82) is 0 Å². The minimum Gasteiger partial charge on any atom is -0.493 e. The SMILES string of the molecule is COC(=O)/C=C/N(C)CC[C@@]12C3=CCC(OC)(OC)[C@@H]1Oc1c(OC)ccc(c12)C=C3. The van der Waals surface area contributed by atoms with E-state index in [0.717, 1.165) is 23.3 Å². The van der Waals surface area contributed by atoms with Crippen LogP contribution in [-0.4, -0.2) is 64.8 Å². The summed E-state index contributed by atoms with van der Waals surface area (Å²) < 4.78 is 28.8. The van der Waals surface area contributed by atoms with Gasteiger partial charge in [-0.2, -0.15) is 0 Å². The van der Waals surface area contributed by atoms with Gasteiger partial charge in [0.2, 0.25) is 5.79 Å². The van der Waals surface area contributed by atoms with Crippen molar-refractivity contribution in [2.24, 2.45) is 0 Å². The van der Waals surface area contributed by atoms with Crippen LogP contribution < -0.4 is 9.47 Å². The quantitative estimate of drug-likeness (QED) is 0.359. The minimum absolute atomic E-state index is 0.385. The van der Waals surface area contributed by atoms with Crippen LogP contribution >= 0.6 is 0 Å². The smallest absolute Gasteiger partial charge is 0.331 e. The molecule has 1 aromatic rings. The molecular weight excluding hydrogens is 398 g/mol. The van der Waals surface area contributed by atoms with Crippen molar-refractivity contribution in [3.63, 3.8) is 0 Å². The van der Waals surface area contributed by atoms with Gasteiger partial charge >= 0.3 is 5.97 Å². The molecule has 1 heterocycles. The van der Waals surface area contributed by atoms with E-state index in [4.69, 9.17) is 23.7 Å². The number of nitrogens with zero attached hydrogens (tertiary/aromatic N) is 1. The number of carbonyl (C=O) groups excluding carboxylic acids is 1. The van der Waals surface area contributed by atoms with E-state index in [1.807, 2.05) is 18.0 Å². The van der Waals surface area contributed by atoms with E-state index in [9.17, 15) is 4.79 Å². The summed E-state index contributed by atoms with van der Waals surface area (Å²) in [6.07, 6.45) is 10.6. The Hall–Kier alpha value is -2.77. The maximum atomic E-state index is 11.5. The number of carbonyl (C=O) groups is 1. The topological polar surface area (TPSA) is 66.5 Å². The summed E-state index contributed by atoms with van der Waals surface area (Å²) in [7, 11) is 8.26. The lowest BCUT2D eigenvalue weighted by atomic mass is 9.60. The summed E-state index contributed by atoms with van der Waals surface area (Å²) >= 11 is 0. The number of methoxy groups -OCH3 is 4. The Bertz CT molecular complexity index is 961. The van der Waals surface area contributed by atoms with Gasteiger partial charge in [-0.3, -0.25) is 0 Å². The fourth-order valence-corrected chi connectivity index (χ4v) is 5.05. The molecule has 0 aromatic heterocycles. The van der Waals surface area contributed by atoms with E-state index in [1.54, 1.807) is 27.5 Å². The molecule has 0 radical (unpaired) electrons. The summed E-state index contributed by atoms with van der Waals surface area (Å²) in [6.45, 7) is 0.679. The molecule has 7 nitrogen and oxygen atoms in total. The minimum atomic E-state index is -0.920. The second-order valence-electron chi connectivity index (χ2n) is 8.02. The molecule has 0 bridgehead atoms. The molecule has 3 aliphatic rings. The van der Waals surface area contributed by atoms with E-state index >= 15 is 0 Å². The molecule has 1 aromatic carbocycles. The second kappa shape index (κ2) is 8.05. The molecule has 0 saturated heterocycles. The third-order valence-corrected chi connectivity index (χ3v) is 6.68. The van der Waals surface area contributed by atoms with Crippen molar-refractivity contribution in [3.05, 3.63) is 53.3 Å². The maximum absolute atomic E-state index is 11.5. The van der Waals surface area contributed by atoms with Crippen molar-refractivity contribution < 1.29 is 28.5 Å². The van der Waals surface area contributed by atoms with E-state index in [1.165, 1.54) is 18.8 Å². The molecule has 0 saturated carbocycles. The molecule has 0 spiro atoms. The Morgan fingerprint density at radius 2 is 2.00 bits per heavy atom. The normalized spacial score (nSPS) is 24.4. The molecule has 1 aliphatic heterocycles. The number of rotatable bonds is 8. The van der Waals surface area contributed by atoms with E-state index in [2.05, 4.69) is 24.3 Å². The van der Waals surface area contributed by atoms with Crippen LogP contribution in [0, 0.1) is 0 Å². The summed E-state index contributed by atoms with van der Waals surface area (Å²) in [4.78, 5) is 13.5. The lowest BCUT2D eigenvalue weighted by Gasteiger charge is -2.49. The first-order chi connectivity index (χ1) is 15.0. The summed E-state index contributed by atoms with van der Waals surface area (Å²) in [5, 5.41) is 0. The number of hydrogen-bond donors (Lipinski definition) is 0. The Kier molecular flexibility index (Phi) is 5.58. The monoisotopic (exact) mass is 427 g/mol. The third-order valence-electron chi connectivity index (χ3n) is 6.68. The molecule has 0 amide bonds. The first-order valence-corrected chi connectivity index (χ1v) is 10.3. The average molecular weight is 427 g/mol. The Morgan fingerprint density at radius 1 is 1.23 bits per heavy atom. The zero-order valence-corrected chi connectivity index (χ0v) is 18.6. The summed E-state index contributed by atoms with van der Waals surface area (Å²) in [5.74, 6) is 0.135. The van der Waals surface area contributed by atoms with E-state index in [0.29, 0.717) is 18.7 Å². The van der Waals surface area contributed by atoms with Gasteiger partial charge < -0.3 is 28.6 Å². The van der Waals surface area contributed by atoms with Crippen LogP contribution in [0.3, 0.4) is 0 Å². The molecule has 0 fully saturated rings. The largest absolute Gasteiger partial charge is 0.493 e. The van der Waals surface area contributed by atoms with Crippen molar-refractivity contribution in [1.82, 2.24) is 4.90 Å². The predicted octanol–water partition coefficient (Wildman–Crippen LogP) is 3.05. The van der Waals surface area contributed by atoms with Gasteiger partial charge in [-0.15, -0.1) is 0 Å². The lowest BCUT2D eigenvalue weighted by molar-refractivity contribution is -0.261. The highest BCUT2D eigenvalue weighted by atomic mass is 16.7. The van der Waals surface area contributed by atoms with Crippen LogP contribution in [0.25, 0.3) is 6.08 Å².